The van der Waals surface area contributed by atoms with E-state index in [4.69, 9.17) is 0 Å². The van der Waals surface area contributed by atoms with Crippen molar-refractivity contribution in [1.82, 2.24) is 5.32 Å². The molecule has 0 spiro atoms. The Bertz CT molecular complexity index is 346. The summed E-state index contributed by atoms with van der Waals surface area (Å²) in [5.41, 5.74) is 1.13. The molecule has 0 heterocycles. The van der Waals surface area contributed by atoms with Gasteiger partial charge in [0.05, 0.1) is 6.10 Å². The SMILES string of the molecule is CCC(NCC1CC(O)C1)c1ccc(F)cc1. The van der Waals surface area contributed by atoms with E-state index < -0.39 is 0 Å². The molecule has 1 aliphatic rings. The fraction of sp³-hybridized carbons (Fsp3) is 0.571. The summed E-state index contributed by atoms with van der Waals surface area (Å²) in [5.74, 6) is 0.408. The molecule has 2 rings (SSSR count). The van der Waals surface area contributed by atoms with Gasteiger partial charge in [0.25, 0.3) is 0 Å². The van der Waals surface area contributed by atoms with Gasteiger partial charge in [-0.2, -0.15) is 0 Å². The molecule has 0 bridgehead atoms. The summed E-state index contributed by atoms with van der Waals surface area (Å²) in [6.45, 7) is 3.06. The summed E-state index contributed by atoms with van der Waals surface area (Å²) in [7, 11) is 0. The van der Waals surface area contributed by atoms with E-state index in [9.17, 15) is 9.50 Å². The van der Waals surface area contributed by atoms with E-state index in [2.05, 4.69) is 12.2 Å². The van der Waals surface area contributed by atoms with Gasteiger partial charge in [-0.15, -0.1) is 0 Å². The summed E-state index contributed by atoms with van der Waals surface area (Å²) in [4.78, 5) is 0. The number of hydrogen-bond acceptors (Lipinski definition) is 2. The number of rotatable bonds is 5. The van der Waals surface area contributed by atoms with Crippen molar-refractivity contribution in [2.75, 3.05) is 6.54 Å². The standard InChI is InChI=1S/C14H20FNO/c1-2-14(11-3-5-12(15)6-4-11)16-9-10-7-13(17)8-10/h3-6,10,13-14,16-17H,2,7-9H2,1H3. The van der Waals surface area contributed by atoms with Crippen LogP contribution in [0.4, 0.5) is 4.39 Å². The molecule has 0 aromatic heterocycles. The molecule has 2 nitrogen and oxygen atoms in total. The lowest BCUT2D eigenvalue weighted by Crippen LogP contribution is -2.37. The summed E-state index contributed by atoms with van der Waals surface area (Å²) in [6.07, 6.45) is 2.72. The molecule has 2 N–H and O–H groups in total. The number of aliphatic hydroxyl groups is 1. The van der Waals surface area contributed by atoms with Crippen LogP contribution in [0, 0.1) is 11.7 Å². The van der Waals surface area contributed by atoms with Gasteiger partial charge in [0, 0.05) is 6.04 Å². The third-order valence-corrected chi connectivity index (χ3v) is 3.54. The summed E-state index contributed by atoms with van der Waals surface area (Å²) in [5, 5.41) is 12.7. The van der Waals surface area contributed by atoms with Gasteiger partial charge < -0.3 is 10.4 Å². The zero-order chi connectivity index (χ0) is 12.3. The van der Waals surface area contributed by atoms with E-state index in [0.29, 0.717) is 5.92 Å². The zero-order valence-electron chi connectivity index (χ0n) is 10.2. The molecule has 94 valence electrons. The molecule has 1 aliphatic carbocycles. The van der Waals surface area contributed by atoms with Crippen molar-refractivity contribution in [2.45, 2.75) is 38.3 Å². The van der Waals surface area contributed by atoms with Crippen LogP contribution in [0.3, 0.4) is 0 Å². The first-order chi connectivity index (χ1) is 8.19. The van der Waals surface area contributed by atoms with Gasteiger partial charge in [0.1, 0.15) is 5.82 Å². The largest absolute Gasteiger partial charge is 0.393 e. The van der Waals surface area contributed by atoms with Crippen LogP contribution in [0.2, 0.25) is 0 Å². The second-order valence-electron chi connectivity index (χ2n) is 4.91. The average molecular weight is 237 g/mol. The predicted molar refractivity (Wildman–Crippen MR) is 66.2 cm³/mol. The highest BCUT2D eigenvalue weighted by molar-refractivity contribution is 5.19. The van der Waals surface area contributed by atoms with Crippen LogP contribution in [0.1, 0.15) is 37.8 Å². The maximum Gasteiger partial charge on any atom is 0.123 e. The van der Waals surface area contributed by atoms with E-state index in [1.807, 2.05) is 12.1 Å². The summed E-state index contributed by atoms with van der Waals surface area (Å²) in [6, 6.07) is 6.98. The molecule has 0 radical (unpaired) electrons. The Morgan fingerprint density at radius 1 is 1.35 bits per heavy atom. The van der Waals surface area contributed by atoms with Crippen molar-refractivity contribution in [3.05, 3.63) is 35.6 Å². The lowest BCUT2D eigenvalue weighted by Gasteiger charge is -2.33. The highest BCUT2D eigenvalue weighted by Gasteiger charge is 2.27. The van der Waals surface area contributed by atoms with Crippen LogP contribution >= 0.6 is 0 Å². The topological polar surface area (TPSA) is 32.3 Å². The van der Waals surface area contributed by atoms with Crippen molar-refractivity contribution in [2.24, 2.45) is 5.92 Å². The lowest BCUT2D eigenvalue weighted by atomic mass is 9.82. The van der Waals surface area contributed by atoms with Gasteiger partial charge in [-0.3, -0.25) is 0 Å². The van der Waals surface area contributed by atoms with Crippen molar-refractivity contribution in [3.63, 3.8) is 0 Å². The molecule has 1 saturated carbocycles. The Morgan fingerprint density at radius 2 is 2.00 bits per heavy atom. The Hall–Kier alpha value is -0.930. The first kappa shape index (κ1) is 12.5. The van der Waals surface area contributed by atoms with Gasteiger partial charge in [-0.25, -0.2) is 4.39 Å². The molecule has 0 saturated heterocycles. The van der Waals surface area contributed by atoms with Crippen LogP contribution in [-0.4, -0.2) is 17.8 Å². The number of aliphatic hydroxyl groups excluding tert-OH is 1. The minimum Gasteiger partial charge on any atom is -0.393 e. The average Bonchev–Trinajstić information content (AvgIpc) is 2.29. The van der Waals surface area contributed by atoms with E-state index in [-0.39, 0.29) is 18.0 Å². The van der Waals surface area contributed by atoms with E-state index in [1.165, 1.54) is 12.1 Å². The highest BCUT2D eigenvalue weighted by Crippen LogP contribution is 2.27. The maximum absolute atomic E-state index is 12.8. The van der Waals surface area contributed by atoms with Crippen molar-refractivity contribution < 1.29 is 9.50 Å². The van der Waals surface area contributed by atoms with Gasteiger partial charge in [0.15, 0.2) is 0 Å². The molecule has 1 aromatic rings. The lowest BCUT2D eigenvalue weighted by molar-refractivity contribution is 0.0418. The number of halogens is 1. The molecular formula is C14H20FNO. The zero-order valence-corrected chi connectivity index (χ0v) is 10.2. The first-order valence-electron chi connectivity index (χ1n) is 6.36. The summed E-state index contributed by atoms with van der Waals surface area (Å²) < 4.78 is 12.8. The third kappa shape index (κ3) is 3.27. The quantitative estimate of drug-likeness (QED) is 0.825. The smallest absolute Gasteiger partial charge is 0.123 e. The van der Waals surface area contributed by atoms with E-state index in [0.717, 1.165) is 31.4 Å². The van der Waals surface area contributed by atoms with E-state index in [1.54, 1.807) is 0 Å². The Kier molecular flexibility index (Phi) is 4.13. The van der Waals surface area contributed by atoms with Crippen LogP contribution in [0.25, 0.3) is 0 Å². The molecule has 1 atom stereocenters. The number of benzene rings is 1. The summed E-state index contributed by atoms with van der Waals surface area (Å²) >= 11 is 0. The third-order valence-electron chi connectivity index (χ3n) is 3.54. The second-order valence-corrected chi connectivity index (χ2v) is 4.91. The van der Waals surface area contributed by atoms with Gasteiger partial charge >= 0.3 is 0 Å². The van der Waals surface area contributed by atoms with Crippen molar-refractivity contribution in [1.29, 1.82) is 0 Å². The van der Waals surface area contributed by atoms with Gasteiger partial charge in [-0.05, 0) is 49.4 Å². The monoisotopic (exact) mass is 237 g/mol. The van der Waals surface area contributed by atoms with Crippen LogP contribution in [0.5, 0.6) is 0 Å². The molecular weight excluding hydrogens is 217 g/mol. The van der Waals surface area contributed by atoms with Crippen LogP contribution < -0.4 is 5.32 Å². The minimum atomic E-state index is -0.189. The van der Waals surface area contributed by atoms with Gasteiger partial charge in [0.2, 0.25) is 0 Å². The number of nitrogens with one attached hydrogen (secondary N) is 1. The Morgan fingerprint density at radius 3 is 2.53 bits per heavy atom. The first-order valence-corrected chi connectivity index (χ1v) is 6.36. The fourth-order valence-corrected chi connectivity index (χ4v) is 2.37. The highest BCUT2D eigenvalue weighted by atomic mass is 19.1. The fourth-order valence-electron chi connectivity index (χ4n) is 2.37. The number of hydrogen-bond donors (Lipinski definition) is 2. The molecule has 1 unspecified atom stereocenters. The van der Waals surface area contributed by atoms with Crippen molar-refractivity contribution >= 4 is 0 Å². The van der Waals surface area contributed by atoms with Crippen LogP contribution in [0.15, 0.2) is 24.3 Å². The second kappa shape index (κ2) is 5.61. The molecule has 0 aliphatic heterocycles. The molecule has 3 heteroatoms. The van der Waals surface area contributed by atoms with Crippen molar-refractivity contribution in [3.8, 4) is 0 Å². The Balaban J connectivity index is 1.85. The predicted octanol–water partition coefficient (Wildman–Crippen LogP) is 2.64. The van der Waals surface area contributed by atoms with Gasteiger partial charge in [-0.1, -0.05) is 19.1 Å². The van der Waals surface area contributed by atoms with E-state index >= 15 is 0 Å². The molecule has 0 amide bonds. The Labute approximate surface area is 102 Å². The molecule has 1 aromatic carbocycles. The normalized spacial score (nSPS) is 25.4. The maximum atomic E-state index is 12.8. The van der Waals surface area contributed by atoms with Crippen LogP contribution in [-0.2, 0) is 0 Å². The molecule has 17 heavy (non-hydrogen) atoms. The minimum absolute atomic E-state index is 0.0901. The molecule has 1 fully saturated rings.